The first-order valence-corrected chi connectivity index (χ1v) is 8.11. The average Bonchev–Trinajstić information content (AvgIpc) is 3.15. The number of nitrogens with zero attached hydrogens (tertiary/aromatic N) is 3. The zero-order valence-electron chi connectivity index (χ0n) is 12.6. The second-order valence-corrected chi connectivity index (χ2v) is 5.90. The van der Waals surface area contributed by atoms with E-state index in [1.54, 1.807) is 22.4 Å². The molecule has 5 nitrogen and oxygen atoms in total. The van der Waals surface area contributed by atoms with Crippen LogP contribution in [0.3, 0.4) is 0 Å². The minimum Gasteiger partial charge on any atom is -0.397 e. The van der Waals surface area contributed by atoms with Gasteiger partial charge < -0.3 is 4.84 Å². The van der Waals surface area contributed by atoms with Gasteiger partial charge in [-0.15, -0.1) is 11.3 Å². The Morgan fingerprint density at radius 3 is 2.91 bits per heavy atom. The Hall–Kier alpha value is -2.21. The van der Waals surface area contributed by atoms with Crippen LogP contribution < -0.4 is 0 Å². The Bertz CT molecular complexity index is 710. The number of hydrogen-bond donors (Lipinski definition) is 0. The Balaban J connectivity index is 2.03. The van der Waals surface area contributed by atoms with Gasteiger partial charge in [0.15, 0.2) is 5.84 Å². The highest BCUT2D eigenvalue weighted by Crippen LogP contribution is 2.30. The van der Waals surface area contributed by atoms with Crippen molar-refractivity contribution >= 4 is 23.1 Å². The molecule has 1 aliphatic rings. The van der Waals surface area contributed by atoms with Crippen molar-refractivity contribution in [2.24, 2.45) is 5.16 Å². The van der Waals surface area contributed by atoms with E-state index in [2.05, 4.69) is 17.1 Å². The van der Waals surface area contributed by atoms with E-state index in [-0.39, 0.29) is 5.91 Å². The molecule has 2 aromatic rings. The summed E-state index contributed by atoms with van der Waals surface area (Å²) < 4.78 is 0. The van der Waals surface area contributed by atoms with Crippen molar-refractivity contribution in [1.82, 2.24) is 9.88 Å². The zero-order valence-corrected chi connectivity index (χ0v) is 13.4. The summed E-state index contributed by atoms with van der Waals surface area (Å²) >= 11 is 1.57. The number of thiazole rings is 1. The molecule has 1 amide bonds. The molecule has 0 radical (unpaired) electrons. The molecule has 0 N–H and O–H groups in total. The Kier molecular flexibility index (Phi) is 4.20. The van der Waals surface area contributed by atoms with Crippen LogP contribution in [-0.2, 0) is 4.84 Å². The maximum Gasteiger partial charge on any atom is 0.260 e. The number of oxime groups is 1. The van der Waals surface area contributed by atoms with Gasteiger partial charge in [-0.1, -0.05) is 24.6 Å². The molecule has 0 bridgehead atoms. The van der Waals surface area contributed by atoms with Gasteiger partial charge in [-0.3, -0.25) is 9.69 Å². The van der Waals surface area contributed by atoms with Gasteiger partial charge in [-0.25, -0.2) is 4.98 Å². The summed E-state index contributed by atoms with van der Waals surface area (Å²) in [4.78, 5) is 23.5. The standard InChI is InChI=1S/C16H17N3O2S/c1-3-4-8-19-14(18-21-2)13-10-11(15-17-7-9-22-15)5-6-12(13)16(19)20/h5-7,9-10H,3-4,8H2,1-2H3. The minimum atomic E-state index is -0.00932. The number of benzene rings is 1. The SMILES string of the molecule is CCCCN1C(=O)c2ccc(-c3nccs3)cc2C1=NOC. The molecule has 0 aliphatic carbocycles. The Labute approximate surface area is 133 Å². The molecule has 22 heavy (non-hydrogen) atoms. The second kappa shape index (κ2) is 6.27. The summed E-state index contributed by atoms with van der Waals surface area (Å²) in [6.07, 6.45) is 3.72. The Morgan fingerprint density at radius 2 is 2.23 bits per heavy atom. The van der Waals surface area contributed by atoms with Crippen molar-refractivity contribution < 1.29 is 9.63 Å². The maximum atomic E-state index is 12.6. The van der Waals surface area contributed by atoms with Gasteiger partial charge in [-0.05, 0) is 18.6 Å². The molecule has 6 heteroatoms. The highest BCUT2D eigenvalue weighted by molar-refractivity contribution is 7.13. The number of amides is 1. The lowest BCUT2D eigenvalue weighted by Gasteiger charge is -2.15. The molecular weight excluding hydrogens is 298 g/mol. The van der Waals surface area contributed by atoms with E-state index < -0.39 is 0 Å². The third-order valence-corrected chi connectivity index (χ3v) is 4.41. The van der Waals surface area contributed by atoms with Crippen LogP contribution in [-0.4, -0.2) is 35.3 Å². The van der Waals surface area contributed by atoms with Gasteiger partial charge in [-0.2, -0.15) is 0 Å². The fraction of sp³-hybridized carbons (Fsp3) is 0.312. The van der Waals surface area contributed by atoms with Crippen LogP contribution in [0.4, 0.5) is 0 Å². The monoisotopic (exact) mass is 315 g/mol. The van der Waals surface area contributed by atoms with Gasteiger partial charge >= 0.3 is 0 Å². The normalized spacial score (nSPS) is 15.5. The number of rotatable bonds is 5. The van der Waals surface area contributed by atoms with Crippen LogP contribution in [0.1, 0.15) is 35.7 Å². The molecule has 0 saturated heterocycles. The van der Waals surface area contributed by atoms with Gasteiger partial charge in [0, 0.05) is 29.2 Å². The molecular formula is C16H17N3O2S. The summed E-state index contributed by atoms with van der Waals surface area (Å²) in [5.41, 5.74) is 2.48. The third kappa shape index (κ3) is 2.50. The average molecular weight is 315 g/mol. The number of hydrogen-bond acceptors (Lipinski definition) is 5. The van der Waals surface area contributed by atoms with Crippen molar-refractivity contribution in [3.05, 3.63) is 40.9 Å². The van der Waals surface area contributed by atoms with E-state index in [1.165, 1.54) is 7.11 Å². The molecule has 1 aromatic heterocycles. The minimum absolute atomic E-state index is 0.00932. The summed E-state index contributed by atoms with van der Waals surface area (Å²) in [5.74, 6) is 0.583. The molecule has 0 atom stereocenters. The fourth-order valence-electron chi connectivity index (χ4n) is 2.51. The highest BCUT2D eigenvalue weighted by Gasteiger charge is 2.34. The number of fused-ring (bicyclic) bond motifs is 1. The van der Waals surface area contributed by atoms with Crippen LogP contribution in [0.5, 0.6) is 0 Å². The van der Waals surface area contributed by atoms with Gasteiger partial charge in [0.25, 0.3) is 5.91 Å². The van der Waals surface area contributed by atoms with Crippen molar-refractivity contribution in [1.29, 1.82) is 0 Å². The third-order valence-electron chi connectivity index (χ3n) is 3.58. The first-order valence-electron chi connectivity index (χ1n) is 7.23. The summed E-state index contributed by atoms with van der Waals surface area (Å²) in [6, 6.07) is 5.75. The van der Waals surface area contributed by atoms with E-state index in [4.69, 9.17) is 4.84 Å². The number of carbonyl (C=O) groups is 1. The lowest BCUT2D eigenvalue weighted by Crippen LogP contribution is -2.31. The van der Waals surface area contributed by atoms with E-state index in [1.807, 2.05) is 23.6 Å². The van der Waals surface area contributed by atoms with E-state index in [0.29, 0.717) is 17.9 Å². The summed E-state index contributed by atoms with van der Waals surface area (Å²) in [6.45, 7) is 2.75. The predicted octanol–water partition coefficient (Wildman–Crippen LogP) is 3.37. The molecule has 1 aromatic carbocycles. The second-order valence-electron chi connectivity index (χ2n) is 5.01. The van der Waals surface area contributed by atoms with Crippen molar-refractivity contribution in [3.63, 3.8) is 0 Å². The maximum absolute atomic E-state index is 12.6. The van der Waals surface area contributed by atoms with E-state index >= 15 is 0 Å². The van der Waals surface area contributed by atoms with E-state index in [9.17, 15) is 4.79 Å². The summed E-state index contributed by atoms with van der Waals surface area (Å²) in [7, 11) is 1.50. The van der Waals surface area contributed by atoms with Gasteiger partial charge in [0.2, 0.25) is 0 Å². The zero-order chi connectivity index (χ0) is 15.5. The molecule has 0 unspecified atom stereocenters. The smallest absolute Gasteiger partial charge is 0.260 e. The largest absolute Gasteiger partial charge is 0.397 e. The Morgan fingerprint density at radius 1 is 1.36 bits per heavy atom. The number of unbranched alkanes of at least 4 members (excludes halogenated alkanes) is 1. The lowest BCUT2D eigenvalue weighted by atomic mass is 10.1. The molecule has 2 heterocycles. The topological polar surface area (TPSA) is 54.8 Å². The van der Waals surface area contributed by atoms with Crippen LogP contribution in [0, 0.1) is 0 Å². The molecule has 3 rings (SSSR count). The number of amidine groups is 1. The highest BCUT2D eigenvalue weighted by atomic mass is 32.1. The van der Waals surface area contributed by atoms with Crippen LogP contribution in [0.25, 0.3) is 10.6 Å². The fourth-order valence-corrected chi connectivity index (χ4v) is 3.15. The quantitative estimate of drug-likeness (QED) is 0.795. The number of aromatic nitrogens is 1. The lowest BCUT2D eigenvalue weighted by molar-refractivity contribution is 0.0852. The van der Waals surface area contributed by atoms with Crippen molar-refractivity contribution in [3.8, 4) is 10.6 Å². The van der Waals surface area contributed by atoms with Crippen molar-refractivity contribution in [2.75, 3.05) is 13.7 Å². The molecule has 1 aliphatic heterocycles. The van der Waals surface area contributed by atoms with Crippen LogP contribution in [0.15, 0.2) is 34.9 Å². The molecule has 0 spiro atoms. The summed E-state index contributed by atoms with van der Waals surface area (Å²) in [5, 5.41) is 6.94. The molecule has 114 valence electrons. The van der Waals surface area contributed by atoms with Crippen LogP contribution in [0.2, 0.25) is 0 Å². The van der Waals surface area contributed by atoms with Crippen molar-refractivity contribution in [2.45, 2.75) is 19.8 Å². The molecule has 0 fully saturated rings. The first-order chi connectivity index (χ1) is 10.8. The predicted molar refractivity (Wildman–Crippen MR) is 87.0 cm³/mol. The molecule has 0 saturated carbocycles. The van der Waals surface area contributed by atoms with E-state index in [0.717, 1.165) is 29.0 Å². The van der Waals surface area contributed by atoms with Gasteiger partial charge in [0.05, 0.1) is 5.56 Å². The number of carbonyl (C=O) groups excluding carboxylic acids is 1. The van der Waals surface area contributed by atoms with Crippen LogP contribution >= 0.6 is 11.3 Å². The van der Waals surface area contributed by atoms with Gasteiger partial charge in [0.1, 0.15) is 12.1 Å². The first kappa shape index (κ1) is 14.7.